The van der Waals surface area contributed by atoms with Crippen molar-refractivity contribution in [3.63, 3.8) is 0 Å². The Labute approximate surface area is 162 Å². The highest BCUT2D eigenvalue weighted by Gasteiger charge is 2.17. The highest BCUT2D eigenvalue weighted by molar-refractivity contribution is 5.94. The van der Waals surface area contributed by atoms with Crippen molar-refractivity contribution in [2.45, 2.75) is 12.6 Å². The average Bonchev–Trinajstić information content (AvgIpc) is 3.28. The van der Waals surface area contributed by atoms with Crippen LogP contribution in [0.4, 0.5) is 0 Å². The number of hydrogen-bond acceptors (Lipinski definition) is 5. The molecule has 7 nitrogen and oxygen atoms in total. The second-order valence-electron chi connectivity index (χ2n) is 6.20. The summed E-state index contributed by atoms with van der Waals surface area (Å²) in [5.41, 5.74) is 2.25. The van der Waals surface area contributed by atoms with E-state index in [1.807, 2.05) is 54.7 Å². The minimum Gasteiger partial charge on any atom is -0.343 e. The zero-order valence-corrected chi connectivity index (χ0v) is 15.0. The quantitative estimate of drug-likeness (QED) is 0.564. The molecule has 28 heavy (non-hydrogen) atoms. The zero-order chi connectivity index (χ0) is 19.2. The van der Waals surface area contributed by atoms with Crippen LogP contribution < -0.4 is 5.32 Å². The monoisotopic (exact) mass is 370 g/mol. The first-order valence-corrected chi connectivity index (χ1v) is 8.85. The van der Waals surface area contributed by atoms with Crippen molar-refractivity contribution in [1.82, 2.24) is 30.0 Å². The fourth-order valence-electron chi connectivity index (χ4n) is 2.85. The second kappa shape index (κ2) is 8.22. The van der Waals surface area contributed by atoms with Crippen LogP contribution in [0, 0.1) is 0 Å². The minimum atomic E-state index is -0.234. The Hall–Kier alpha value is -3.87. The van der Waals surface area contributed by atoms with Gasteiger partial charge in [-0.15, -0.1) is 0 Å². The predicted molar refractivity (Wildman–Crippen MR) is 104 cm³/mol. The molecule has 0 radical (unpaired) electrons. The number of carbonyl (C=O) groups excluding carboxylic acids is 1. The van der Waals surface area contributed by atoms with Crippen molar-refractivity contribution >= 4 is 5.91 Å². The van der Waals surface area contributed by atoms with E-state index < -0.39 is 0 Å². The van der Waals surface area contributed by atoms with E-state index in [1.54, 1.807) is 23.3 Å². The molecule has 0 saturated heterocycles. The highest BCUT2D eigenvalue weighted by Crippen LogP contribution is 2.16. The van der Waals surface area contributed by atoms with E-state index in [0.717, 1.165) is 11.1 Å². The van der Waals surface area contributed by atoms with Gasteiger partial charge in [0, 0.05) is 42.7 Å². The Morgan fingerprint density at radius 1 is 0.964 bits per heavy atom. The lowest BCUT2D eigenvalue weighted by Crippen LogP contribution is -2.31. The standard InChI is InChI=1S/C21H18N6O/c28-21(18-13-23-20(24-14-18)17-7-10-22-11-8-17)26-19(15-27-12-4-9-25-27)16-5-2-1-3-6-16/h1-14,19H,15H2,(H,26,28). The number of nitrogens with zero attached hydrogens (tertiary/aromatic N) is 5. The molecule has 4 aromatic rings. The van der Waals surface area contributed by atoms with Gasteiger partial charge in [-0.1, -0.05) is 30.3 Å². The van der Waals surface area contributed by atoms with Crippen LogP contribution in [0.25, 0.3) is 11.4 Å². The molecule has 1 amide bonds. The van der Waals surface area contributed by atoms with Gasteiger partial charge >= 0.3 is 0 Å². The summed E-state index contributed by atoms with van der Waals surface area (Å²) < 4.78 is 1.79. The summed E-state index contributed by atoms with van der Waals surface area (Å²) in [5, 5.41) is 7.30. The lowest BCUT2D eigenvalue weighted by atomic mass is 10.1. The van der Waals surface area contributed by atoms with Crippen molar-refractivity contribution in [2.75, 3.05) is 0 Å². The third kappa shape index (κ3) is 4.09. The number of carbonyl (C=O) groups is 1. The molecule has 1 unspecified atom stereocenters. The molecule has 0 spiro atoms. The lowest BCUT2D eigenvalue weighted by Gasteiger charge is -2.19. The Morgan fingerprint density at radius 2 is 1.71 bits per heavy atom. The Balaban J connectivity index is 1.52. The van der Waals surface area contributed by atoms with E-state index in [0.29, 0.717) is 17.9 Å². The second-order valence-corrected chi connectivity index (χ2v) is 6.20. The van der Waals surface area contributed by atoms with Crippen LogP contribution in [-0.2, 0) is 6.54 Å². The fourth-order valence-corrected chi connectivity index (χ4v) is 2.85. The van der Waals surface area contributed by atoms with E-state index in [1.165, 1.54) is 12.4 Å². The first-order valence-electron chi connectivity index (χ1n) is 8.85. The highest BCUT2D eigenvalue weighted by atomic mass is 16.1. The predicted octanol–water partition coefficient (Wildman–Crippen LogP) is 2.91. The summed E-state index contributed by atoms with van der Waals surface area (Å²) in [6.07, 6.45) is 10.0. The van der Waals surface area contributed by atoms with Crippen LogP contribution in [0.3, 0.4) is 0 Å². The molecule has 0 aliphatic heterocycles. The number of benzene rings is 1. The third-order valence-corrected chi connectivity index (χ3v) is 4.29. The SMILES string of the molecule is O=C(NC(Cn1cccn1)c1ccccc1)c1cnc(-c2ccncc2)nc1. The number of nitrogens with one attached hydrogen (secondary N) is 1. The summed E-state index contributed by atoms with van der Waals surface area (Å²) in [7, 11) is 0. The van der Waals surface area contributed by atoms with Crippen LogP contribution in [0.2, 0.25) is 0 Å². The fraction of sp³-hybridized carbons (Fsp3) is 0.0952. The van der Waals surface area contributed by atoms with Crippen molar-refractivity contribution in [1.29, 1.82) is 0 Å². The smallest absolute Gasteiger partial charge is 0.254 e. The number of aromatic nitrogens is 5. The molecule has 0 saturated carbocycles. The molecule has 4 rings (SSSR count). The van der Waals surface area contributed by atoms with Gasteiger partial charge in [0.05, 0.1) is 18.2 Å². The van der Waals surface area contributed by atoms with Gasteiger partial charge in [0.2, 0.25) is 0 Å². The van der Waals surface area contributed by atoms with Crippen LogP contribution in [0.1, 0.15) is 22.0 Å². The largest absolute Gasteiger partial charge is 0.343 e. The third-order valence-electron chi connectivity index (χ3n) is 4.29. The molecule has 0 aliphatic rings. The van der Waals surface area contributed by atoms with Gasteiger partial charge in [-0.05, 0) is 23.8 Å². The molecule has 1 aromatic carbocycles. The molecule has 1 atom stereocenters. The van der Waals surface area contributed by atoms with Gasteiger partial charge < -0.3 is 5.32 Å². The summed E-state index contributed by atoms with van der Waals surface area (Å²) in [5.74, 6) is 0.317. The zero-order valence-electron chi connectivity index (χ0n) is 15.0. The molecule has 3 heterocycles. The summed E-state index contributed by atoms with van der Waals surface area (Å²) in [6, 6.07) is 15.1. The summed E-state index contributed by atoms with van der Waals surface area (Å²) in [6.45, 7) is 0.526. The van der Waals surface area contributed by atoms with E-state index in [-0.39, 0.29) is 11.9 Å². The van der Waals surface area contributed by atoms with E-state index in [9.17, 15) is 4.79 Å². The molecule has 0 bridgehead atoms. The van der Waals surface area contributed by atoms with E-state index in [2.05, 4.69) is 25.4 Å². The van der Waals surface area contributed by atoms with Gasteiger partial charge in [0.25, 0.3) is 5.91 Å². The van der Waals surface area contributed by atoms with Gasteiger partial charge in [-0.3, -0.25) is 14.5 Å². The topological polar surface area (TPSA) is 85.6 Å². The van der Waals surface area contributed by atoms with Gasteiger partial charge in [0.15, 0.2) is 5.82 Å². The van der Waals surface area contributed by atoms with Crippen LogP contribution in [-0.4, -0.2) is 30.6 Å². The first kappa shape index (κ1) is 17.5. The Bertz CT molecular complexity index is 1020. The van der Waals surface area contributed by atoms with Gasteiger partial charge in [-0.25, -0.2) is 9.97 Å². The Kier molecular flexibility index (Phi) is 5.15. The molecule has 3 aromatic heterocycles. The maximum absolute atomic E-state index is 12.8. The number of hydrogen-bond donors (Lipinski definition) is 1. The van der Waals surface area contributed by atoms with Crippen LogP contribution >= 0.6 is 0 Å². The van der Waals surface area contributed by atoms with Crippen molar-refractivity contribution in [2.24, 2.45) is 0 Å². The maximum Gasteiger partial charge on any atom is 0.254 e. The molecular formula is C21H18N6O. The molecule has 7 heteroatoms. The summed E-state index contributed by atoms with van der Waals surface area (Å²) >= 11 is 0. The lowest BCUT2D eigenvalue weighted by molar-refractivity contribution is 0.0931. The molecule has 0 aliphatic carbocycles. The minimum absolute atomic E-state index is 0.228. The maximum atomic E-state index is 12.8. The molecule has 0 fully saturated rings. The molecular weight excluding hydrogens is 352 g/mol. The Morgan fingerprint density at radius 3 is 2.39 bits per heavy atom. The number of rotatable bonds is 6. The van der Waals surface area contributed by atoms with Gasteiger partial charge in [0.1, 0.15) is 0 Å². The summed E-state index contributed by atoms with van der Waals surface area (Å²) in [4.78, 5) is 25.4. The number of amides is 1. The molecule has 138 valence electrons. The number of pyridine rings is 1. The first-order chi connectivity index (χ1) is 13.8. The van der Waals surface area contributed by atoms with E-state index in [4.69, 9.17) is 0 Å². The van der Waals surface area contributed by atoms with Crippen molar-refractivity contribution < 1.29 is 4.79 Å². The molecule has 1 N–H and O–H groups in total. The van der Waals surface area contributed by atoms with Gasteiger partial charge in [-0.2, -0.15) is 5.10 Å². The van der Waals surface area contributed by atoms with Crippen LogP contribution in [0.5, 0.6) is 0 Å². The van der Waals surface area contributed by atoms with E-state index >= 15 is 0 Å². The van der Waals surface area contributed by atoms with Crippen LogP contribution in [0.15, 0.2) is 85.7 Å². The normalized spacial score (nSPS) is 11.7. The van der Waals surface area contributed by atoms with Crippen molar-refractivity contribution in [3.05, 3.63) is 96.8 Å². The average molecular weight is 370 g/mol. The van der Waals surface area contributed by atoms with Crippen molar-refractivity contribution in [3.8, 4) is 11.4 Å².